The van der Waals surface area contributed by atoms with Crippen molar-refractivity contribution in [1.29, 1.82) is 0 Å². The van der Waals surface area contributed by atoms with Crippen LogP contribution in [-0.4, -0.2) is 19.6 Å². The van der Waals surface area contributed by atoms with Crippen LogP contribution in [0.25, 0.3) is 0 Å². The van der Waals surface area contributed by atoms with E-state index < -0.39 is 33.2 Å². The molecule has 0 aliphatic heterocycles. The monoisotopic (exact) mass is 411 g/mol. The fourth-order valence-corrected chi connectivity index (χ4v) is 5.33. The first-order chi connectivity index (χ1) is 13.3. The number of nitrogens with one attached hydrogen (secondary N) is 1. The number of hydrogen-bond donors (Lipinski definition) is 1. The second-order valence-corrected chi connectivity index (χ2v) is 9.26. The molecule has 0 saturated heterocycles. The van der Waals surface area contributed by atoms with Gasteiger partial charge in [-0.1, -0.05) is 31.4 Å². The summed E-state index contributed by atoms with van der Waals surface area (Å²) in [6.45, 7) is 0. The molecular formula is C20H20F3NO3S. The van der Waals surface area contributed by atoms with E-state index in [9.17, 15) is 26.4 Å². The average Bonchev–Trinajstić information content (AvgIpc) is 2.66. The van der Waals surface area contributed by atoms with Crippen LogP contribution >= 0.6 is 0 Å². The summed E-state index contributed by atoms with van der Waals surface area (Å²) < 4.78 is 64.9. The van der Waals surface area contributed by atoms with Gasteiger partial charge in [-0.15, -0.1) is 0 Å². The molecule has 1 N–H and O–H groups in total. The summed E-state index contributed by atoms with van der Waals surface area (Å²) in [4.78, 5) is 12.2. The van der Waals surface area contributed by atoms with Gasteiger partial charge < -0.3 is 5.32 Å². The van der Waals surface area contributed by atoms with Crippen LogP contribution in [0.15, 0.2) is 36.4 Å². The van der Waals surface area contributed by atoms with Crippen LogP contribution in [0, 0.1) is 17.5 Å². The Hall–Kier alpha value is -2.35. The zero-order chi connectivity index (χ0) is 20.3. The lowest BCUT2D eigenvalue weighted by Gasteiger charge is -2.21. The molecule has 0 radical (unpaired) electrons. The van der Waals surface area contributed by atoms with Crippen LogP contribution in [0.2, 0.25) is 0 Å². The number of carbonyl (C=O) groups is 1. The van der Waals surface area contributed by atoms with Crippen LogP contribution in [0.4, 0.5) is 18.9 Å². The van der Waals surface area contributed by atoms with Gasteiger partial charge in [0.1, 0.15) is 0 Å². The minimum absolute atomic E-state index is 0.138. The number of hydrogen-bond acceptors (Lipinski definition) is 3. The van der Waals surface area contributed by atoms with Gasteiger partial charge in [-0.05, 0) is 42.7 Å². The van der Waals surface area contributed by atoms with Crippen LogP contribution in [0.5, 0.6) is 0 Å². The molecule has 28 heavy (non-hydrogen) atoms. The molecule has 0 heterocycles. The van der Waals surface area contributed by atoms with Gasteiger partial charge in [-0.3, -0.25) is 4.79 Å². The summed E-state index contributed by atoms with van der Waals surface area (Å²) >= 11 is 0. The molecular weight excluding hydrogens is 391 g/mol. The summed E-state index contributed by atoms with van der Waals surface area (Å²) in [7, 11) is -3.30. The van der Waals surface area contributed by atoms with E-state index in [1.807, 2.05) is 0 Å². The highest BCUT2D eigenvalue weighted by Crippen LogP contribution is 2.27. The maximum atomic E-state index is 13.3. The van der Waals surface area contributed by atoms with Crippen molar-refractivity contribution in [2.45, 2.75) is 43.1 Å². The number of rotatable bonds is 5. The van der Waals surface area contributed by atoms with Crippen molar-refractivity contribution in [3.8, 4) is 0 Å². The zero-order valence-electron chi connectivity index (χ0n) is 15.1. The topological polar surface area (TPSA) is 63.2 Å². The number of benzene rings is 2. The highest BCUT2D eigenvalue weighted by atomic mass is 32.2. The van der Waals surface area contributed by atoms with Crippen LogP contribution in [-0.2, 0) is 15.6 Å². The molecule has 2 aromatic carbocycles. The first kappa shape index (κ1) is 20.4. The van der Waals surface area contributed by atoms with Crippen molar-refractivity contribution < 1.29 is 26.4 Å². The summed E-state index contributed by atoms with van der Waals surface area (Å²) in [5, 5.41) is 2.11. The molecule has 1 saturated carbocycles. The minimum atomic E-state index is -3.30. The van der Waals surface area contributed by atoms with E-state index >= 15 is 0 Å². The van der Waals surface area contributed by atoms with E-state index in [0.717, 1.165) is 19.3 Å². The van der Waals surface area contributed by atoms with Crippen molar-refractivity contribution in [3.05, 3.63) is 65.0 Å². The Balaban J connectivity index is 1.73. The second kappa shape index (κ2) is 8.34. The summed E-state index contributed by atoms with van der Waals surface area (Å²) in [5.74, 6) is -5.53. The lowest BCUT2D eigenvalue weighted by atomic mass is 10.0. The Labute approximate surface area is 161 Å². The van der Waals surface area contributed by atoms with Gasteiger partial charge in [-0.25, -0.2) is 21.6 Å². The second-order valence-electron chi connectivity index (χ2n) is 6.98. The first-order valence-corrected chi connectivity index (χ1v) is 10.7. The number of anilines is 1. The third-order valence-corrected chi connectivity index (χ3v) is 7.08. The molecule has 0 spiro atoms. The smallest absolute Gasteiger partial charge is 0.255 e. The van der Waals surface area contributed by atoms with E-state index in [0.29, 0.717) is 30.5 Å². The molecule has 8 heteroatoms. The SMILES string of the molecule is O=C(Nc1cccc(CS(=O)(=O)C2CCCCC2)c1)c1cc(F)c(F)c(F)c1. The highest BCUT2D eigenvalue weighted by molar-refractivity contribution is 7.91. The summed E-state index contributed by atoms with van der Waals surface area (Å²) in [6, 6.07) is 7.48. The quantitative estimate of drug-likeness (QED) is 0.731. The average molecular weight is 411 g/mol. The maximum absolute atomic E-state index is 13.3. The highest BCUT2D eigenvalue weighted by Gasteiger charge is 2.27. The number of amides is 1. The predicted molar refractivity (Wildman–Crippen MR) is 100 cm³/mol. The Kier molecular flexibility index (Phi) is 6.07. The number of carbonyl (C=O) groups excluding carboxylic acids is 1. The van der Waals surface area contributed by atoms with Gasteiger partial charge in [0.2, 0.25) is 0 Å². The van der Waals surface area contributed by atoms with Crippen molar-refractivity contribution in [1.82, 2.24) is 0 Å². The largest absolute Gasteiger partial charge is 0.322 e. The fourth-order valence-electron chi connectivity index (χ4n) is 3.40. The van der Waals surface area contributed by atoms with Crippen LogP contribution in [0.3, 0.4) is 0 Å². The lowest BCUT2D eigenvalue weighted by Crippen LogP contribution is -2.25. The molecule has 0 atom stereocenters. The third-order valence-electron chi connectivity index (χ3n) is 4.86. The summed E-state index contributed by atoms with van der Waals surface area (Å²) in [6.07, 6.45) is 4.20. The number of sulfone groups is 1. The zero-order valence-corrected chi connectivity index (χ0v) is 15.9. The third kappa shape index (κ3) is 4.73. The number of halogens is 3. The maximum Gasteiger partial charge on any atom is 0.255 e. The van der Waals surface area contributed by atoms with E-state index in [2.05, 4.69) is 5.32 Å². The summed E-state index contributed by atoms with van der Waals surface area (Å²) in [5.41, 5.74) is 0.419. The lowest BCUT2D eigenvalue weighted by molar-refractivity contribution is 0.102. The van der Waals surface area contributed by atoms with Crippen molar-refractivity contribution in [3.63, 3.8) is 0 Å². The molecule has 0 bridgehead atoms. The predicted octanol–water partition coefficient (Wildman–Crippen LogP) is 4.60. The standard InChI is InChI=1S/C20H20F3NO3S/c21-17-10-14(11-18(22)19(17)23)20(25)24-15-6-4-5-13(9-15)12-28(26,27)16-7-2-1-3-8-16/h4-6,9-11,16H,1-3,7-8,12H2,(H,24,25). The van der Waals surface area contributed by atoms with Gasteiger partial charge in [0, 0.05) is 11.3 Å². The van der Waals surface area contributed by atoms with E-state index in [4.69, 9.17) is 0 Å². The van der Waals surface area contributed by atoms with E-state index in [1.54, 1.807) is 12.1 Å². The van der Waals surface area contributed by atoms with E-state index in [1.165, 1.54) is 12.1 Å². The van der Waals surface area contributed by atoms with Crippen molar-refractivity contribution in [2.75, 3.05) is 5.32 Å². The molecule has 0 unspecified atom stereocenters. The van der Waals surface area contributed by atoms with Gasteiger partial charge >= 0.3 is 0 Å². The molecule has 3 rings (SSSR count). The Morgan fingerprint density at radius 1 is 1.00 bits per heavy atom. The van der Waals surface area contributed by atoms with Crippen LogP contribution < -0.4 is 5.32 Å². The molecule has 150 valence electrons. The first-order valence-electron chi connectivity index (χ1n) is 9.02. The Morgan fingerprint density at radius 2 is 1.64 bits per heavy atom. The van der Waals surface area contributed by atoms with Gasteiger partial charge in [0.25, 0.3) is 5.91 Å². The molecule has 1 amide bonds. The minimum Gasteiger partial charge on any atom is -0.322 e. The van der Waals surface area contributed by atoms with Crippen molar-refractivity contribution >= 4 is 21.4 Å². The normalized spacial score (nSPS) is 15.4. The van der Waals surface area contributed by atoms with Crippen molar-refractivity contribution in [2.24, 2.45) is 0 Å². The van der Waals surface area contributed by atoms with E-state index in [-0.39, 0.29) is 22.3 Å². The van der Waals surface area contributed by atoms with Gasteiger partial charge in [0.05, 0.1) is 11.0 Å². The van der Waals surface area contributed by atoms with Crippen LogP contribution in [0.1, 0.15) is 48.0 Å². The Bertz CT molecular complexity index is 963. The van der Waals surface area contributed by atoms with Gasteiger partial charge in [0.15, 0.2) is 27.3 Å². The Morgan fingerprint density at radius 3 is 2.29 bits per heavy atom. The molecule has 0 aromatic heterocycles. The molecule has 4 nitrogen and oxygen atoms in total. The molecule has 2 aromatic rings. The molecule has 1 fully saturated rings. The van der Waals surface area contributed by atoms with Gasteiger partial charge in [-0.2, -0.15) is 0 Å². The molecule has 1 aliphatic carbocycles. The molecule has 1 aliphatic rings. The fraction of sp³-hybridized carbons (Fsp3) is 0.350.